The van der Waals surface area contributed by atoms with Crippen molar-refractivity contribution in [2.75, 3.05) is 12.3 Å². The van der Waals surface area contributed by atoms with Crippen molar-refractivity contribution >= 4 is 12.7 Å². The highest BCUT2D eigenvalue weighted by atomic mass is 31.2. The van der Waals surface area contributed by atoms with E-state index in [1.165, 1.54) is 6.92 Å². The normalized spacial score (nSPS) is 11.4. The Morgan fingerprint density at radius 3 is 1.67 bits per heavy atom. The van der Waals surface area contributed by atoms with Gasteiger partial charge >= 0.3 is 0 Å². The number of carbonyl (C=O) groups is 1. The van der Waals surface area contributed by atoms with Gasteiger partial charge in [0.1, 0.15) is 7.14 Å². The Morgan fingerprint density at radius 1 is 1.33 bits per heavy atom. The fourth-order valence-electron chi connectivity index (χ4n) is 0.669. The number of hydrogen-bond donors (Lipinski definition) is 0. The molecular formula is C6H13O2P. The Balaban J connectivity index is 4.30. The molecule has 0 aromatic carbocycles. The van der Waals surface area contributed by atoms with Crippen LogP contribution in [0.5, 0.6) is 0 Å². The molecule has 0 saturated heterocycles. The summed E-state index contributed by atoms with van der Waals surface area (Å²) < 4.78 is 11.3. The molecule has 0 rings (SSSR count). The van der Waals surface area contributed by atoms with E-state index in [2.05, 4.69) is 0 Å². The lowest BCUT2D eigenvalue weighted by Crippen LogP contribution is -1.98. The largest absolute Gasteiger partial charge is 0.316 e. The quantitative estimate of drug-likeness (QED) is 0.573. The van der Waals surface area contributed by atoms with Crippen LogP contribution in [0.25, 0.3) is 0 Å². The number of hydrogen-bond acceptors (Lipinski definition) is 2. The van der Waals surface area contributed by atoms with E-state index in [-0.39, 0.29) is 5.52 Å². The van der Waals surface area contributed by atoms with Crippen LogP contribution in [-0.2, 0) is 9.36 Å². The lowest BCUT2D eigenvalue weighted by atomic mass is 10.9. The third kappa shape index (κ3) is 1.94. The molecule has 0 radical (unpaired) electrons. The second-order valence-electron chi connectivity index (χ2n) is 2.04. The molecule has 9 heavy (non-hydrogen) atoms. The van der Waals surface area contributed by atoms with E-state index in [0.29, 0.717) is 12.3 Å². The summed E-state index contributed by atoms with van der Waals surface area (Å²) in [6.45, 7) is 5.01. The zero-order chi connectivity index (χ0) is 7.49. The molecule has 54 valence electrons. The molecular weight excluding hydrogens is 135 g/mol. The van der Waals surface area contributed by atoms with Crippen LogP contribution in [0.3, 0.4) is 0 Å². The lowest BCUT2D eigenvalue weighted by Gasteiger charge is -2.07. The maximum absolute atomic E-state index is 11.3. The molecule has 0 aliphatic rings. The highest BCUT2D eigenvalue weighted by molar-refractivity contribution is 7.80. The number of carbonyl (C=O) groups excluding carboxylic acids is 1. The fraction of sp³-hybridized carbons (Fsp3) is 0.833. The molecule has 0 aromatic heterocycles. The van der Waals surface area contributed by atoms with E-state index in [0.717, 1.165) is 0 Å². The SMILES string of the molecule is CCP(=O)(CC)C(C)=O. The molecule has 0 aromatic rings. The van der Waals surface area contributed by atoms with Gasteiger partial charge in [0.15, 0.2) is 5.52 Å². The molecule has 2 nitrogen and oxygen atoms in total. The Kier molecular flexibility index (Phi) is 3.13. The maximum atomic E-state index is 11.3. The van der Waals surface area contributed by atoms with E-state index in [1.807, 2.05) is 0 Å². The second kappa shape index (κ2) is 3.17. The molecule has 0 atom stereocenters. The summed E-state index contributed by atoms with van der Waals surface area (Å²) in [7, 11) is -2.39. The standard InChI is InChI=1S/C6H13O2P/c1-4-9(8,5-2)6(3)7/h4-5H2,1-3H3. The van der Waals surface area contributed by atoms with Crippen LogP contribution in [0.4, 0.5) is 0 Å². The monoisotopic (exact) mass is 148 g/mol. The van der Waals surface area contributed by atoms with Crippen molar-refractivity contribution in [1.29, 1.82) is 0 Å². The predicted molar refractivity (Wildman–Crippen MR) is 39.4 cm³/mol. The van der Waals surface area contributed by atoms with Gasteiger partial charge in [-0.2, -0.15) is 0 Å². The van der Waals surface area contributed by atoms with Crippen molar-refractivity contribution in [1.82, 2.24) is 0 Å². The Bertz CT molecular complexity index is 143. The first-order valence-corrected chi connectivity index (χ1v) is 5.23. The Hall–Kier alpha value is -0.100. The van der Waals surface area contributed by atoms with Gasteiger partial charge in [0.25, 0.3) is 0 Å². The Labute approximate surface area is 56.0 Å². The van der Waals surface area contributed by atoms with Crippen molar-refractivity contribution in [2.45, 2.75) is 20.8 Å². The van der Waals surface area contributed by atoms with Crippen molar-refractivity contribution in [3.63, 3.8) is 0 Å². The minimum absolute atomic E-state index is 0.132. The first-order valence-electron chi connectivity index (χ1n) is 3.16. The van der Waals surface area contributed by atoms with Gasteiger partial charge in [-0.25, -0.2) is 0 Å². The summed E-state index contributed by atoms with van der Waals surface area (Å²) in [5.74, 6) is 0. The van der Waals surface area contributed by atoms with Crippen molar-refractivity contribution < 1.29 is 9.36 Å². The highest BCUT2D eigenvalue weighted by Crippen LogP contribution is 2.44. The van der Waals surface area contributed by atoms with Crippen LogP contribution in [0.2, 0.25) is 0 Å². The first kappa shape index (κ1) is 8.90. The van der Waals surface area contributed by atoms with E-state index >= 15 is 0 Å². The average molecular weight is 148 g/mol. The molecule has 0 heterocycles. The van der Waals surface area contributed by atoms with Gasteiger partial charge in [-0.05, 0) is 0 Å². The van der Waals surface area contributed by atoms with Gasteiger partial charge in [-0.3, -0.25) is 4.79 Å². The predicted octanol–water partition coefficient (Wildman–Crippen LogP) is 1.94. The van der Waals surface area contributed by atoms with Gasteiger partial charge in [0.2, 0.25) is 0 Å². The molecule has 0 bridgehead atoms. The third-order valence-corrected chi connectivity index (χ3v) is 4.79. The minimum atomic E-state index is -2.39. The summed E-state index contributed by atoms with van der Waals surface area (Å²) in [5, 5.41) is 0. The third-order valence-electron chi connectivity index (χ3n) is 1.60. The molecule has 0 spiro atoms. The first-order chi connectivity index (χ1) is 4.06. The zero-order valence-corrected chi connectivity index (χ0v) is 7.07. The van der Waals surface area contributed by atoms with Crippen LogP contribution >= 0.6 is 7.14 Å². The smallest absolute Gasteiger partial charge is 0.188 e. The van der Waals surface area contributed by atoms with Crippen LogP contribution in [0, 0.1) is 0 Å². The van der Waals surface area contributed by atoms with E-state index in [9.17, 15) is 9.36 Å². The molecule has 3 heteroatoms. The fourth-order valence-corrected chi connectivity index (χ4v) is 2.01. The molecule has 0 aliphatic heterocycles. The van der Waals surface area contributed by atoms with Gasteiger partial charge in [-0.1, -0.05) is 13.8 Å². The molecule has 0 fully saturated rings. The van der Waals surface area contributed by atoms with Gasteiger partial charge in [0, 0.05) is 19.2 Å². The summed E-state index contributed by atoms with van der Waals surface area (Å²) in [5.41, 5.74) is -0.132. The summed E-state index contributed by atoms with van der Waals surface area (Å²) in [6.07, 6.45) is 1.03. The molecule has 0 aliphatic carbocycles. The summed E-state index contributed by atoms with van der Waals surface area (Å²) in [4.78, 5) is 10.7. The zero-order valence-electron chi connectivity index (χ0n) is 6.18. The highest BCUT2D eigenvalue weighted by Gasteiger charge is 2.21. The summed E-state index contributed by atoms with van der Waals surface area (Å²) >= 11 is 0. The van der Waals surface area contributed by atoms with Crippen molar-refractivity contribution in [3.05, 3.63) is 0 Å². The van der Waals surface area contributed by atoms with E-state index in [1.54, 1.807) is 13.8 Å². The Morgan fingerprint density at radius 2 is 1.67 bits per heavy atom. The van der Waals surface area contributed by atoms with Crippen LogP contribution < -0.4 is 0 Å². The van der Waals surface area contributed by atoms with Crippen molar-refractivity contribution in [2.24, 2.45) is 0 Å². The van der Waals surface area contributed by atoms with Crippen LogP contribution in [0.15, 0.2) is 0 Å². The molecule has 0 unspecified atom stereocenters. The second-order valence-corrected chi connectivity index (χ2v) is 5.71. The minimum Gasteiger partial charge on any atom is -0.316 e. The molecule has 0 amide bonds. The van der Waals surface area contributed by atoms with E-state index < -0.39 is 7.14 Å². The maximum Gasteiger partial charge on any atom is 0.188 e. The van der Waals surface area contributed by atoms with Crippen molar-refractivity contribution in [3.8, 4) is 0 Å². The lowest BCUT2D eigenvalue weighted by molar-refractivity contribution is -0.110. The topological polar surface area (TPSA) is 34.1 Å². The van der Waals surface area contributed by atoms with Gasteiger partial charge in [0.05, 0.1) is 0 Å². The van der Waals surface area contributed by atoms with Gasteiger partial charge < -0.3 is 4.57 Å². The van der Waals surface area contributed by atoms with E-state index in [4.69, 9.17) is 0 Å². The molecule has 0 N–H and O–H groups in total. The summed E-state index contributed by atoms with van der Waals surface area (Å²) in [6, 6.07) is 0. The van der Waals surface area contributed by atoms with Gasteiger partial charge in [-0.15, -0.1) is 0 Å². The molecule has 0 saturated carbocycles. The average Bonchev–Trinajstić information content (AvgIpc) is 1.86. The number of rotatable bonds is 3. The van der Waals surface area contributed by atoms with Crippen LogP contribution in [0.1, 0.15) is 20.8 Å². The van der Waals surface area contributed by atoms with Crippen LogP contribution in [-0.4, -0.2) is 17.8 Å².